The number of pyridine rings is 1. The van der Waals surface area contributed by atoms with Gasteiger partial charge in [-0.3, -0.25) is 14.4 Å². The van der Waals surface area contributed by atoms with E-state index < -0.39 is 5.97 Å². The minimum atomic E-state index is -0.842. The molecule has 2 N–H and O–H groups in total. The molecular formula is C11H12N2O4. The number of hydrogen-bond acceptors (Lipinski definition) is 3. The zero-order valence-electron chi connectivity index (χ0n) is 9.05. The molecule has 1 aromatic heterocycles. The second kappa shape index (κ2) is 4.40. The number of aromatic nitrogens is 1. The summed E-state index contributed by atoms with van der Waals surface area (Å²) >= 11 is 0. The highest BCUT2D eigenvalue weighted by Crippen LogP contribution is 2.20. The van der Waals surface area contributed by atoms with Crippen LogP contribution in [0.15, 0.2) is 23.1 Å². The first-order valence-corrected chi connectivity index (χ1v) is 5.26. The third kappa shape index (κ3) is 2.52. The Morgan fingerprint density at radius 1 is 1.41 bits per heavy atom. The number of rotatable bonds is 3. The molecule has 0 bridgehead atoms. The number of amides is 1. The molecule has 17 heavy (non-hydrogen) atoms. The van der Waals surface area contributed by atoms with Gasteiger partial charge in [0.2, 0.25) is 5.56 Å². The average Bonchev–Trinajstić information content (AvgIpc) is 2.23. The summed E-state index contributed by atoms with van der Waals surface area (Å²) in [6.07, 6.45) is 1.46. The molecule has 0 aromatic carbocycles. The molecule has 0 unspecified atom stereocenters. The van der Waals surface area contributed by atoms with Crippen molar-refractivity contribution < 1.29 is 14.7 Å². The van der Waals surface area contributed by atoms with E-state index in [1.54, 1.807) is 4.90 Å². The molecule has 0 spiro atoms. The van der Waals surface area contributed by atoms with Crippen LogP contribution in [-0.4, -0.2) is 40.0 Å². The van der Waals surface area contributed by atoms with Gasteiger partial charge in [0.25, 0.3) is 5.91 Å². The standard InChI is InChI=1S/C11H12N2O4/c14-9-2-1-8(4-12-9)11(17)13-5-7(6-13)3-10(15)16/h1-2,4,7H,3,5-6H2,(H,12,14)(H,15,16). The van der Waals surface area contributed by atoms with Crippen LogP contribution in [0.4, 0.5) is 0 Å². The molecule has 2 heterocycles. The first-order chi connectivity index (χ1) is 8.06. The van der Waals surface area contributed by atoms with Gasteiger partial charge in [0.1, 0.15) is 0 Å². The fourth-order valence-corrected chi connectivity index (χ4v) is 1.84. The number of carboxylic acids is 1. The predicted molar refractivity (Wildman–Crippen MR) is 58.7 cm³/mol. The zero-order valence-corrected chi connectivity index (χ0v) is 9.05. The molecule has 6 heteroatoms. The minimum Gasteiger partial charge on any atom is -0.481 e. The Labute approximate surface area is 96.9 Å². The molecule has 1 saturated heterocycles. The second-order valence-corrected chi connectivity index (χ2v) is 4.12. The highest BCUT2D eigenvalue weighted by molar-refractivity contribution is 5.94. The Morgan fingerprint density at radius 2 is 2.12 bits per heavy atom. The van der Waals surface area contributed by atoms with Gasteiger partial charge >= 0.3 is 5.97 Å². The number of nitrogens with zero attached hydrogens (tertiary/aromatic N) is 1. The van der Waals surface area contributed by atoms with Gasteiger partial charge in [0.15, 0.2) is 0 Å². The van der Waals surface area contributed by atoms with E-state index in [4.69, 9.17) is 5.11 Å². The van der Waals surface area contributed by atoms with Crippen LogP contribution in [0.3, 0.4) is 0 Å². The largest absolute Gasteiger partial charge is 0.481 e. The van der Waals surface area contributed by atoms with Crippen LogP contribution >= 0.6 is 0 Å². The monoisotopic (exact) mass is 236 g/mol. The lowest BCUT2D eigenvalue weighted by Crippen LogP contribution is -2.50. The van der Waals surface area contributed by atoms with E-state index in [1.165, 1.54) is 18.3 Å². The van der Waals surface area contributed by atoms with E-state index in [0.717, 1.165) is 0 Å². The molecule has 90 valence electrons. The van der Waals surface area contributed by atoms with Crippen LogP contribution in [0.2, 0.25) is 0 Å². The lowest BCUT2D eigenvalue weighted by atomic mass is 9.95. The second-order valence-electron chi connectivity index (χ2n) is 4.12. The number of hydrogen-bond donors (Lipinski definition) is 2. The Kier molecular flexibility index (Phi) is 2.95. The smallest absolute Gasteiger partial charge is 0.303 e. The van der Waals surface area contributed by atoms with Crippen molar-refractivity contribution >= 4 is 11.9 Å². The van der Waals surface area contributed by atoms with E-state index in [0.29, 0.717) is 18.7 Å². The summed E-state index contributed by atoms with van der Waals surface area (Å²) < 4.78 is 0. The summed E-state index contributed by atoms with van der Waals surface area (Å²) in [6.45, 7) is 0.925. The quantitative estimate of drug-likeness (QED) is 0.768. The Hall–Kier alpha value is -2.11. The van der Waals surface area contributed by atoms with E-state index in [2.05, 4.69) is 4.98 Å². The van der Waals surface area contributed by atoms with Crippen LogP contribution in [0.25, 0.3) is 0 Å². The highest BCUT2D eigenvalue weighted by atomic mass is 16.4. The van der Waals surface area contributed by atoms with Gasteiger partial charge < -0.3 is 15.0 Å². The maximum Gasteiger partial charge on any atom is 0.303 e. The van der Waals surface area contributed by atoms with Crippen molar-refractivity contribution in [2.24, 2.45) is 5.92 Å². The minimum absolute atomic E-state index is 0.0409. The normalized spacial score (nSPS) is 15.4. The van der Waals surface area contributed by atoms with Crippen LogP contribution in [0.1, 0.15) is 16.8 Å². The average molecular weight is 236 g/mol. The number of H-pyrrole nitrogens is 1. The Bertz CT molecular complexity index is 482. The number of aromatic amines is 1. The van der Waals surface area contributed by atoms with Gasteiger partial charge in [-0.2, -0.15) is 0 Å². The third-order valence-electron chi connectivity index (χ3n) is 2.74. The number of aliphatic carboxylic acids is 1. The molecule has 1 aliphatic rings. The van der Waals surface area contributed by atoms with Crippen molar-refractivity contribution in [3.63, 3.8) is 0 Å². The predicted octanol–water partition coefficient (Wildman–Crippen LogP) is -0.0784. The lowest BCUT2D eigenvalue weighted by molar-refractivity contribution is -0.139. The van der Waals surface area contributed by atoms with E-state index in [1.807, 2.05) is 0 Å². The maximum atomic E-state index is 11.8. The Balaban J connectivity index is 1.93. The van der Waals surface area contributed by atoms with Crippen LogP contribution in [0, 0.1) is 5.92 Å². The molecule has 0 saturated carbocycles. The molecule has 1 aliphatic heterocycles. The van der Waals surface area contributed by atoms with Gasteiger partial charge in [-0.05, 0) is 6.07 Å². The summed E-state index contributed by atoms with van der Waals surface area (Å²) in [5.74, 6) is -0.978. The summed E-state index contributed by atoms with van der Waals surface area (Å²) in [6, 6.07) is 2.76. The molecule has 0 radical (unpaired) electrons. The van der Waals surface area contributed by atoms with Crippen molar-refractivity contribution in [3.8, 4) is 0 Å². The summed E-state index contributed by atoms with van der Waals surface area (Å²) in [5.41, 5.74) is 0.160. The van der Waals surface area contributed by atoms with Crippen molar-refractivity contribution in [2.75, 3.05) is 13.1 Å². The van der Waals surface area contributed by atoms with Gasteiger partial charge in [0, 0.05) is 31.3 Å². The van der Waals surface area contributed by atoms with Crippen molar-refractivity contribution in [2.45, 2.75) is 6.42 Å². The van der Waals surface area contributed by atoms with Gasteiger partial charge in [-0.15, -0.1) is 0 Å². The number of nitrogens with one attached hydrogen (secondary N) is 1. The fraction of sp³-hybridized carbons (Fsp3) is 0.364. The molecule has 0 atom stereocenters. The van der Waals surface area contributed by atoms with Gasteiger partial charge in [0.05, 0.1) is 12.0 Å². The molecule has 1 aromatic rings. The molecule has 1 amide bonds. The maximum absolute atomic E-state index is 11.8. The van der Waals surface area contributed by atoms with Crippen molar-refractivity contribution in [1.29, 1.82) is 0 Å². The molecule has 6 nitrogen and oxygen atoms in total. The summed E-state index contributed by atoms with van der Waals surface area (Å²) in [7, 11) is 0. The molecular weight excluding hydrogens is 224 g/mol. The van der Waals surface area contributed by atoms with E-state index in [-0.39, 0.29) is 23.8 Å². The van der Waals surface area contributed by atoms with Crippen LogP contribution in [0.5, 0.6) is 0 Å². The third-order valence-corrected chi connectivity index (χ3v) is 2.74. The number of carbonyl (C=O) groups is 2. The number of carboxylic acid groups (broad SMARTS) is 1. The Morgan fingerprint density at radius 3 is 2.65 bits per heavy atom. The SMILES string of the molecule is O=C(O)CC1CN(C(=O)c2ccc(=O)[nH]c2)C1. The molecule has 0 aliphatic carbocycles. The van der Waals surface area contributed by atoms with Gasteiger partial charge in [-0.25, -0.2) is 0 Å². The van der Waals surface area contributed by atoms with Gasteiger partial charge in [-0.1, -0.05) is 0 Å². The van der Waals surface area contributed by atoms with E-state index >= 15 is 0 Å². The lowest BCUT2D eigenvalue weighted by Gasteiger charge is -2.38. The first kappa shape index (κ1) is 11.4. The van der Waals surface area contributed by atoms with Crippen molar-refractivity contribution in [1.82, 2.24) is 9.88 Å². The zero-order chi connectivity index (χ0) is 12.4. The summed E-state index contributed by atoms with van der Waals surface area (Å²) in [4.78, 5) is 37.1. The summed E-state index contributed by atoms with van der Waals surface area (Å²) in [5, 5.41) is 8.58. The number of carbonyl (C=O) groups excluding carboxylic acids is 1. The highest BCUT2D eigenvalue weighted by Gasteiger charge is 2.32. The first-order valence-electron chi connectivity index (χ1n) is 5.26. The van der Waals surface area contributed by atoms with Crippen LogP contribution in [-0.2, 0) is 4.79 Å². The van der Waals surface area contributed by atoms with E-state index in [9.17, 15) is 14.4 Å². The molecule has 2 rings (SSSR count). The number of likely N-dealkylation sites (tertiary alicyclic amines) is 1. The topological polar surface area (TPSA) is 90.5 Å². The van der Waals surface area contributed by atoms with Crippen LogP contribution < -0.4 is 5.56 Å². The fourth-order valence-electron chi connectivity index (χ4n) is 1.84. The molecule has 1 fully saturated rings. The van der Waals surface area contributed by atoms with Crippen molar-refractivity contribution in [3.05, 3.63) is 34.2 Å².